The van der Waals surface area contributed by atoms with E-state index in [1.165, 1.54) is 4.90 Å². The summed E-state index contributed by atoms with van der Waals surface area (Å²) in [6, 6.07) is 3.92. The maximum absolute atomic E-state index is 11.7. The molecule has 2 amide bonds. The second kappa shape index (κ2) is 2.92. The Morgan fingerprint density at radius 1 is 1.07 bits per heavy atom. The molecular formula is C11H8BrNO2. The molecule has 0 radical (unpaired) electrons. The Balaban J connectivity index is 2.29. The summed E-state index contributed by atoms with van der Waals surface area (Å²) in [6.07, 6.45) is 1.53. The van der Waals surface area contributed by atoms with Crippen LogP contribution in [0.15, 0.2) is 16.6 Å². The highest BCUT2D eigenvalue weighted by molar-refractivity contribution is 9.10. The van der Waals surface area contributed by atoms with Gasteiger partial charge in [-0.2, -0.15) is 0 Å². The number of aryl methyl sites for hydroxylation is 1. The van der Waals surface area contributed by atoms with Crippen molar-refractivity contribution in [3.63, 3.8) is 0 Å². The average Bonchev–Trinajstić information content (AvgIpc) is 2.49. The van der Waals surface area contributed by atoms with E-state index in [-0.39, 0.29) is 11.8 Å². The number of carbonyl (C=O) groups is 2. The Hall–Kier alpha value is -1.16. The fourth-order valence-electron chi connectivity index (χ4n) is 2.31. The maximum Gasteiger partial charge on any atom is 0.238 e. The lowest BCUT2D eigenvalue weighted by Gasteiger charge is -2.23. The lowest BCUT2D eigenvalue weighted by Crippen LogP contribution is -2.36. The van der Waals surface area contributed by atoms with Crippen molar-refractivity contribution in [2.45, 2.75) is 19.3 Å². The van der Waals surface area contributed by atoms with Crippen LogP contribution in [-0.2, 0) is 22.4 Å². The molecule has 0 aliphatic carbocycles. The normalized spacial score (nSPS) is 18.3. The molecule has 0 unspecified atom stereocenters. The summed E-state index contributed by atoms with van der Waals surface area (Å²) < 4.78 is 0.986. The van der Waals surface area contributed by atoms with Crippen molar-refractivity contribution >= 4 is 33.4 Å². The zero-order chi connectivity index (χ0) is 10.6. The fraction of sp³-hybridized carbons (Fsp3) is 0.273. The van der Waals surface area contributed by atoms with E-state index < -0.39 is 0 Å². The van der Waals surface area contributed by atoms with E-state index in [1.807, 2.05) is 12.1 Å². The summed E-state index contributed by atoms with van der Waals surface area (Å²) in [5.41, 5.74) is 2.92. The molecule has 15 heavy (non-hydrogen) atoms. The van der Waals surface area contributed by atoms with Crippen LogP contribution in [0.25, 0.3) is 0 Å². The third kappa shape index (κ3) is 1.17. The summed E-state index contributed by atoms with van der Waals surface area (Å²) >= 11 is 3.42. The Morgan fingerprint density at radius 3 is 2.60 bits per heavy atom. The van der Waals surface area contributed by atoms with Crippen LogP contribution in [0.3, 0.4) is 0 Å². The largest absolute Gasteiger partial charge is 0.274 e. The Morgan fingerprint density at radius 2 is 1.80 bits per heavy atom. The third-order valence-corrected chi connectivity index (χ3v) is 3.36. The molecule has 0 saturated heterocycles. The monoisotopic (exact) mass is 265 g/mol. The van der Waals surface area contributed by atoms with Gasteiger partial charge in [-0.05, 0) is 29.7 Å². The van der Waals surface area contributed by atoms with Crippen molar-refractivity contribution in [1.82, 2.24) is 0 Å². The first-order chi connectivity index (χ1) is 7.16. The fourth-order valence-corrected chi connectivity index (χ4v) is 2.87. The van der Waals surface area contributed by atoms with Gasteiger partial charge in [-0.25, -0.2) is 4.90 Å². The van der Waals surface area contributed by atoms with Crippen molar-refractivity contribution in [2.24, 2.45) is 0 Å². The molecule has 76 valence electrons. The number of benzene rings is 1. The van der Waals surface area contributed by atoms with Crippen molar-refractivity contribution in [1.29, 1.82) is 0 Å². The zero-order valence-electron chi connectivity index (χ0n) is 7.92. The van der Waals surface area contributed by atoms with Crippen molar-refractivity contribution < 1.29 is 9.59 Å². The van der Waals surface area contributed by atoms with Crippen LogP contribution in [0.5, 0.6) is 0 Å². The quantitative estimate of drug-likeness (QED) is 0.671. The Labute approximate surface area is 95.2 Å². The number of carbonyl (C=O) groups excluding carboxylic acids is 2. The minimum absolute atomic E-state index is 0.0615. The third-order valence-electron chi connectivity index (χ3n) is 2.90. The number of halogens is 1. The highest BCUT2D eigenvalue weighted by atomic mass is 79.9. The first-order valence-electron chi connectivity index (χ1n) is 4.84. The van der Waals surface area contributed by atoms with Gasteiger partial charge in [-0.15, -0.1) is 0 Å². The van der Waals surface area contributed by atoms with Gasteiger partial charge in [0.15, 0.2) is 0 Å². The van der Waals surface area contributed by atoms with Crippen molar-refractivity contribution in [2.75, 3.05) is 4.90 Å². The van der Waals surface area contributed by atoms with Crippen LogP contribution in [0.4, 0.5) is 5.69 Å². The Kier molecular flexibility index (Phi) is 1.77. The molecule has 0 saturated carbocycles. The van der Waals surface area contributed by atoms with E-state index in [9.17, 15) is 9.59 Å². The summed E-state index contributed by atoms with van der Waals surface area (Å²) in [5, 5.41) is 0. The summed E-state index contributed by atoms with van der Waals surface area (Å²) in [7, 11) is 0. The smallest absolute Gasteiger partial charge is 0.238 e. The molecule has 2 aliphatic heterocycles. The van der Waals surface area contributed by atoms with Gasteiger partial charge in [0.2, 0.25) is 11.8 Å². The predicted octanol–water partition coefficient (Wildman–Crippen LogP) is 1.81. The highest BCUT2D eigenvalue weighted by Gasteiger charge is 2.37. The standard InChI is InChI=1S/C11H8BrNO2/c12-8-3-6-1-2-9(14)13-10(15)5-7(4-8)11(6)13/h3-4H,1-2,5H2. The van der Waals surface area contributed by atoms with E-state index in [0.29, 0.717) is 12.8 Å². The Bertz CT molecular complexity index is 496. The minimum atomic E-state index is -0.0888. The predicted molar refractivity (Wildman–Crippen MR) is 58.7 cm³/mol. The van der Waals surface area contributed by atoms with Crippen LogP contribution < -0.4 is 4.90 Å². The number of hydrogen-bond donors (Lipinski definition) is 0. The molecule has 3 rings (SSSR count). The number of nitrogens with zero attached hydrogens (tertiary/aromatic N) is 1. The summed E-state index contributed by atoms with van der Waals surface area (Å²) in [4.78, 5) is 24.6. The zero-order valence-corrected chi connectivity index (χ0v) is 9.50. The van der Waals surface area contributed by atoms with Crippen molar-refractivity contribution in [3.05, 3.63) is 27.7 Å². The van der Waals surface area contributed by atoms with Gasteiger partial charge in [0.25, 0.3) is 0 Å². The first kappa shape index (κ1) is 9.09. The highest BCUT2D eigenvalue weighted by Crippen LogP contribution is 2.39. The molecule has 2 aliphatic rings. The van der Waals surface area contributed by atoms with Gasteiger partial charge in [-0.3, -0.25) is 9.59 Å². The summed E-state index contributed by atoms with van der Waals surface area (Å²) in [6.45, 7) is 0. The molecule has 0 bridgehead atoms. The number of imide groups is 1. The van der Waals surface area contributed by atoms with Gasteiger partial charge >= 0.3 is 0 Å². The van der Waals surface area contributed by atoms with Gasteiger partial charge < -0.3 is 0 Å². The van der Waals surface area contributed by atoms with E-state index in [4.69, 9.17) is 0 Å². The summed E-state index contributed by atoms with van der Waals surface area (Å²) in [5.74, 6) is -0.150. The average molecular weight is 266 g/mol. The van der Waals surface area contributed by atoms with E-state index in [2.05, 4.69) is 15.9 Å². The lowest BCUT2D eigenvalue weighted by molar-refractivity contribution is -0.125. The number of rotatable bonds is 0. The maximum atomic E-state index is 11.7. The first-order valence-corrected chi connectivity index (χ1v) is 5.63. The molecule has 0 aromatic heterocycles. The minimum Gasteiger partial charge on any atom is -0.274 e. The number of anilines is 1. The molecule has 0 N–H and O–H groups in total. The second-order valence-corrected chi connectivity index (χ2v) is 4.79. The van der Waals surface area contributed by atoms with Gasteiger partial charge in [0.05, 0.1) is 12.1 Å². The molecule has 1 aromatic rings. The molecule has 3 nitrogen and oxygen atoms in total. The molecule has 4 heteroatoms. The van der Waals surface area contributed by atoms with Gasteiger partial charge in [0.1, 0.15) is 0 Å². The van der Waals surface area contributed by atoms with Crippen LogP contribution >= 0.6 is 15.9 Å². The molecule has 0 fully saturated rings. The van der Waals surface area contributed by atoms with E-state index in [1.54, 1.807) is 0 Å². The van der Waals surface area contributed by atoms with Gasteiger partial charge in [0, 0.05) is 10.9 Å². The molecule has 2 heterocycles. The topological polar surface area (TPSA) is 37.4 Å². The van der Waals surface area contributed by atoms with Crippen molar-refractivity contribution in [3.8, 4) is 0 Å². The molecule has 0 atom stereocenters. The second-order valence-electron chi connectivity index (χ2n) is 3.87. The van der Waals surface area contributed by atoms with Crippen LogP contribution in [0, 0.1) is 0 Å². The van der Waals surface area contributed by atoms with Crippen LogP contribution in [0.1, 0.15) is 17.5 Å². The van der Waals surface area contributed by atoms with E-state index in [0.717, 1.165) is 27.7 Å². The SMILES string of the molecule is O=C1CCc2cc(Br)cc3c2N1C(=O)C3. The van der Waals surface area contributed by atoms with Crippen LogP contribution in [0.2, 0.25) is 0 Å². The number of amides is 2. The van der Waals surface area contributed by atoms with Crippen LogP contribution in [-0.4, -0.2) is 11.8 Å². The van der Waals surface area contributed by atoms with E-state index >= 15 is 0 Å². The molecule has 0 spiro atoms. The molecular weight excluding hydrogens is 258 g/mol. The lowest BCUT2D eigenvalue weighted by atomic mass is 10.00. The van der Waals surface area contributed by atoms with Gasteiger partial charge in [-0.1, -0.05) is 15.9 Å². The molecule has 1 aromatic carbocycles. The number of hydrogen-bond acceptors (Lipinski definition) is 2.